The Labute approximate surface area is 211 Å². The summed E-state index contributed by atoms with van der Waals surface area (Å²) in [4.78, 5) is 0. The summed E-state index contributed by atoms with van der Waals surface area (Å²) in [6, 6.07) is 36.0. The molecule has 36 heavy (non-hydrogen) atoms. The van der Waals surface area contributed by atoms with E-state index in [1.54, 1.807) is 0 Å². The van der Waals surface area contributed by atoms with E-state index in [-0.39, 0.29) is 11.0 Å². The van der Waals surface area contributed by atoms with Crippen molar-refractivity contribution in [1.29, 1.82) is 0 Å². The standard InChI is InChI=1S/C34H28N2/c1-3-33-28-18-10-9-17-27(28)31-24-14-6-5-13-23(24)20-22-36(31)34(33,4-2)32-30(33)26-16-8-7-15-25(26)29-19-11-12-21-35(29)32/h5-22H,3-4H2,1-2H3/q+2. The van der Waals surface area contributed by atoms with Crippen LogP contribution in [0.3, 0.4) is 0 Å². The van der Waals surface area contributed by atoms with Crippen molar-refractivity contribution in [3.8, 4) is 11.3 Å². The van der Waals surface area contributed by atoms with Crippen molar-refractivity contribution >= 4 is 27.1 Å². The average molecular weight is 465 g/mol. The van der Waals surface area contributed by atoms with Crippen molar-refractivity contribution < 1.29 is 8.97 Å². The van der Waals surface area contributed by atoms with Crippen LogP contribution in [0.1, 0.15) is 43.5 Å². The van der Waals surface area contributed by atoms with Gasteiger partial charge in [0, 0.05) is 24.6 Å². The number of fused-ring (bicyclic) bond motifs is 16. The minimum atomic E-state index is -0.181. The summed E-state index contributed by atoms with van der Waals surface area (Å²) < 4.78 is 5.15. The predicted molar refractivity (Wildman–Crippen MR) is 145 cm³/mol. The Balaban J connectivity index is 1.68. The number of nitrogens with zero attached hydrogens (tertiary/aromatic N) is 2. The Bertz CT molecular complexity index is 1880. The SMILES string of the molecule is CCC12c3ccccc3-c3c4ccccc4cc[n+]3C1(CC)c1c2c2ccccc2c2cccc[n+]12. The van der Waals surface area contributed by atoms with Gasteiger partial charge < -0.3 is 0 Å². The largest absolute Gasteiger partial charge is 0.266 e. The van der Waals surface area contributed by atoms with E-state index in [1.807, 2.05) is 0 Å². The van der Waals surface area contributed by atoms with Gasteiger partial charge in [-0.3, -0.25) is 0 Å². The van der Waals surface area contributed by atoms with Crippen molar-refractivity contribution in [3.63, 3.8) is 0 Å². The molecule has 8 rings (SSSR count). The predicted octanol–water partition coefficient (Wildman–Crippen LogP) is 6.86. The molecule has 3 aromatic heterocycles. The van der Waals surface area contributed by atoms with Crippen LogP contribution in [0.15, 0.2) is 109 Å². The summed E-state index contributed by atoms with van der Waals surface area (Å²) in [6.07, 6.45) is 6.72. The third kappa shape index (κ3) is 2.00. The monoisotopic (exact) mass is 464 g/mol. The summed E-state index contributed by atoms with van der Waals surface area (Å²) >= 11 is 0. The highest BCUT2D eigenvalue weighted by Gasteiger charge is 2.78. The molecule has 4 heterocycles. The molecule has 0 saturated heterocycles. The summed E-state index contributed by atoms with van der Waals surface area (Å²) in [6.45, 7) is 4.78. The van der Waals surface area contributed by atoms with Crippen molar-refractivity contribution in [2.75, 3.05) is 0 Å². The molecule has 172 valence electrons. The number of rotatable bonds is 2. The Morgan fingerprint density at radius 2 is 1.36 bits per heavy atom. The first-order valence-corrected chi connectivity index (χ1v) is 13.2. The zero-order valence-electron chi connectivity index (χ0n) is 20.7. The lowest BCUT2D eigenvalue weighted by Crippen LogP contribution is -2.79. The van der Waals surface area contributed by atoms with Crippen LogP contribution in [-0.4, -0.2) is 0 Å². The zero-order valence-corrected chi connectivity index (χ0v) is 20.7. The first kappa shape index (κ1) is 20.2. The van der Waals surface area contributed by atoms with Crippen molar-refractivity contribution in [2.24, 2.45) is 0 Å². The van der Waals surface area contributed by atoms with E-state index in [0.29, 0.717) is 0 Å². The van der Waals surface area contributed by atoms with Crippen LogP contribution in [-0.2, 0) is 11.0 Å². The molecule has 2 atom stereocenters. The second-order valence-electron chi connectivity index (χ2n) is 10.4. The molecule has 3 aromatic carbocycles. The van der Waals surface area contributed by atoms with E-state index >= 15 is 0 Å². The molecular weight excluding hydrogens is 436 g/mol. The molecule has 0 N–H and O–H groups in total. The molecule has 2 aliphatic rings. The quantitative estimate of drug-likeness (QED) is 0.195. The second-order valence-corrected chi connectivity index (χ2v) is 10.4. The fourth-order valence-electron chi connectivity index (χ4n) is 8.06. The summed E-state index contributed by atoms with van der Waals surface area (Å²) in [5.41, 5.74) is 8.13. The molecular formula is C34H28N2+2. The smallest absolute Gasteiger partial charge is 0.181 e. The number of pyridine rings is 3. The Morgan fingerprint density at radius 1 is 0.639 bits per heavy atom. The molecule has 2 unspecified atom stereocenters. The molecule has 6 aromatic rings. The molecule has 1 aliphatic carbocycles. The highest BCUT2D eigenvalue weighted by molar-refractivity contribution is 6.00. The van der Waals surface area contributed by atoms with Gasteiger partial charge in [0.25, 0.3) is 11.2 Å². The molecule has 1 aliphatic heterocycles. The van der Waals surface area contributed by atoms with Gasteiger partial charge in [-0.1, -0.05) is 68.4 Å². The van der Waals surface area contributed by atoms with Crippen molar-refractivity contribution in [3.05, 3.63) is 126 Å². The maximum absolute atomic E-state index is 2.65. The molecule has 0 fully saturated rings. The first-order valence-electron chi connectivity index (χ1n) is 13.2. The van der Waals surface area contributed by atoms with E-state index in [9.17, 15) is 0 Å². The number of hydrogen-bond acceptors (Lipinski definition) is 0. The van der Waals surface area contributed by atoms with Crippen molar-refractivity contribution in [2.45, 2.75) is 37.6 Å². The number of aromatic nitrogens is 2. The first-order chi connectivity index (χ1) is 17.8. The van der Waals surface area contributed by atoms with Crippen molar-refractivity contribution in [1.82, 2.24) is 0 Å². The van der Waals surface area contributed by atoms with Gasteiger partial charge in [-0.2, -0.15) is 8.97 Å². The molecule has 0 bridgehead atoms. The molecule has 2 heteroatoms. The Hall–Kier alpha value is -4.04. The van der Waals surface area contributed by atoms with E-state index in [1.165, 1.54) is 55.1 Å². The lowest BCUT2D eigenvalue weighted by atomic mass is 9.45. The van der Waals surface area contributed by atoms with E-state index in [4.69, 9.17) is 0 Å². The molecule has 0 amide bonds. The van der Waals surface area contributed by atoms with Gasteiger partial charge in [0.2, 0.25) is 11.2 Å². The Kier molecular flexibility index (Phi) is 3.81. The zero-order chi connectivity index (χ0) is 24.1. The summed E-state index contributed by atoms with van der Waals surface area (Å²) in [5, 5.41) is 5.35. The number of hydrogen-bond donors (Lipinski definition) is 0. The lowest BCUT2D eigenvalue weighted by molar-refractivity contribution is -0.781. The highest BCUT2D eigenvalue weighted by Crippen LogP contribution is 2.65. The van der Waals surface area contributed by atoms with E-state index in [0.717, 1.165) is 12.8 Å². The van der Waals surface area contributed by atoms with E-state index in [2.05, 4.69) is 132 Å². The van der Waals surface area contributed by atoms with Crippen LogP contribution in [0, 0.1) is 0 Å². The topological polar surface area (TPSA) is 7.98 Å². The van der Waals surface area contributed by atoms with Gasteiger partial charge in [-0.05, 0) is 47.0 Å². The van der Waals surface area contributed by atoms with Gasteiger partial charge >= 0.3 is 0 Å². The number of benzene rings is 3. The lowest BCUT2D eigenvalue weighted by Gasteiger charge is -2.55. The fraction of sp³-hybridized carbons (Fsp3) is 0.176. The minimum absolute atomic E-state index is 0.107. The third-order valence-corrected chi connectivity index (χ3v) is 9.29. The normalized spacial score (nSPS) is 21.5. The maximum Gasteiger partial charge on any atom is 0.266 e. The summed E-state index contributed by atoms with van der Waals surface area (Å²) in [7, 11) is 0. The van der Waals surface area contributed by atoms with Gasteiger partial charge in [0.05, 0.1) is 21.9 Å². The van der Waals surface area contributed by atoms with E-state index < -0.39 is 0 Å². The van der Waals surface area contributed by atoms with Crippen LogP contribution in [0.4, 0.5) is 0 Å². The molecule has 0 spiro atoms. The van der Waals surface area contributed by atoms with Gasteiger partial charge in [0.15, 0.2) is 12.4 Å². The fourth-order valence-corrected chi connectivity index (χ4v) is 8.06. The maximum atomic E-state index is 2.65. The molecule has 0 saturated carbocycles. The Morgan fingerprint density at radius 3 is 2.19 bits per heavy atom. The summed E-state index contributed by atoms with van der Waals surface area (Å²) in [5.74, 6) is 0. The highest BCUT2D eigenvalue weighted by atomic mass is 15.2. The minimum Gasteiger partial charge on any atom is -0.181 e. The van der Waals surface area contributed by atoms with Crippen LogP contribution >= 0.6 is 0 Å². The second kappa shape index (κ2) is 6.79. The molecule has 2 nitrogen and oxygen atoms in total. The van der Waals surface area contributed by atoms with Gasteiger partial charge in [-0.25, -0.2) is 0 Å². The van der Waals surface area contributed by atoms with Gasteiger partial charge in [0.1, 0.15) is 5.41 Å². The van der Waals surface area contributed by atoms with Crippen LogP contribution < -0.4 is 8.97 Å². The van der Waals surface area contributed by atoms with Crippen LogP contribution in [0.25, 0.3) is 38.3 Å². The van der Waals surface area contributed by atoms with Crippen LogP contribution in [0.5, 0.6) is 0 Å². The third-order valence-electron chi connectivity index (χ3n) is 9.29. The van der Waals surface area contributed by atoms with Crippen LogP contribution in [0.2, 0.25) is 0 Å². The molecule has 0 radical (unpaired) electrons. The van der Waals surface area contributed by atoms with Gasteiger partial charge in [-0.15, -0.1) is 0 Å². The average Bonchev–Trinajstić information content (AvgIpc) is 2.94.